The molecule has 3 rings (SSSR count). The van der Waals surface area contributed by atoms with Crippen LogP contribution >= 0.6 is 23.2 Å². The van der Waals surface area contributed by atoms with Gasteiger partial charge in [0, 0.05) is 16.5 Å². The smallest absolute Gasteiger partial charge is 0.212 e. The van der Waals surface area contributed by atoms with Crippen LogP contribution < -0.4 is 4.72 Å². The number of nitrogens with zero attached hydrogens (tertiary/aromatic N) is 4. The number of sulfonamides is 1. The van der Waals surface area contributed by atoms with Gasteiger partial charge < -0.3 is 0 Å². The molecule has 0 radical (unpaired) electrons. The summed E-state index contributed by atoms with van der Waals surface area (Å²) in [6.07, 6.45) is 1.65. The van der Waals surface area contributed by atoms with E-state index in [-0.39, 0.29) is 24.5 Å². The lowest BCUT2D eigenvalue weighted by Gasteiger charge is -2.16. The summed E-state index contributed by atoms with van der Waals surface area (Å²) in [4.78, 5) is 12.9. The molecule has 1 aromatic heterocycles. The number of Topliss-reactive ketones (excluding diaryl/α,β-unsaturated/α-hetero) is 1. The number of nitrogens with one attached hydrogen (secondary N) is 1. The summed E-state index contributed by atoms with van der Waals surface area (Å²) in [7, 11) is -3.62. The van der Waals surface area contributed by atoms with Crippen LogP contribution in [0.1, 0.15) is 36.7 Å². The van der Waals surface area contributed by atoms with Crippen LogP contribution in [0.5, 0.6) is 0 Å². The molecule has 0 spiro atoms. The summed E-state index contributed by atoms with van der Waals surface area (Å²) < 4.78 is 28.9. The second-order valence-electron chi connectivity index (χ2n) is 7.58. The maximum atomic E-state index is 12.9. The van der Waals surface area contributed by atoms with Crippen LogP contribution in [0.3, 0.4) is 0 Å². The highest BCUT2D eigenvalue weighted by Gasteiger charge is 2.24. The average Bonchev–Trinajstić information content (AvgIpc) is 3.22. The van der Waals surface area contributed by atoms with Crippen molar-refractivity contribution in [2.45, 2.75) is 45.2 Å². The molecule has 1 N–H and O–H groups in total. The van der Waals surface area contributed by atoms with E-state index in [4.69, 9.17) is 23.2 Å². The van der Waals surface area contributed by atoms with Crippen LogP contribution in [0.15, 0.2) is 48.5 Å². The van der Waals surface area contributed by atoms with Gasteiger partial charge in [0.05, 0.1) is 11.8 Å². The van der Waals surface area contributed by atoms with E-state index in [0.29, 0.717) is 40.7 Å². The Labute approximate surface area is 203 Å². The zero-order valence-corrected chi connectivity index (χ0v) is 20.4. The van der Waals surface area contributed by atoms with Gasteiger partial charge in [-0.05, 0) is 52.9 Å². The van der Waals surface area contributed by atoms with Crippen LogP contribution in [0.2, 0.25) is 10.0 Å². The second kappa shape index (κ2) is 11.7. The van der Waals surface area contributed by atoms with E-state index in [1.807, 2.05) is 30.3 Å². The molecule has 0 fully saturated rings. The summed E-state index contributed by atoms with van der Waals surface area (Å²) in [6, 6.07) is 13.9. The van der Waals surface area contributed by atoms with Crippen LogP contribution in [-0.2, 0) is 34.2 Å². The molecule has 11 heteroatoms. The Hall–Kier alpha value is -2.33. The van der Waals surface area contributed by atoms with Gasteiger partial charge in [-0.2, -0.15) is 0 Å². The first-order valence-electron chi connectivity index (χ1n) is 10.5. The fraction of sp³-hybridized carbons (Fsp3) is 0.364. The number of hydrogen-bond acceptors (Lipinski definition) is 6. The number of aryl methyl sites for hydroxylation is 1. The quantitative estimate of drug-likeness (QED) is 0.400. The second-order valence-corrected chi connectivity index (χ2v) is 10.3. The third-order valence-electron chi connectivity index (χ3n) is 5.15. The molecule has 3 aromatic rings. The van der Waals surface area contributed by atoms with Crippen molar-refractivity contribution >= 4 is 39.0 Å². The Morgan fingerprint density at radius 1 is 1.09 bits per heavy atom. The number of carbonyl (C=O) groups is 1. The summed E-state index contributed by atoms with van der Waals surface area (Å²) in [5, 5.41) is 12.4. The molecule has 0 aliphatic rings. The van der Waals surface area contributed by atoms with Crippen molar-refractivity contribution in [3.63, 3.8) is 0 Å². The van der Waals surface area contributed by atoms with Gasteiger partial charge in [-0.15, -0.1) is 5.10 Å². The number of aromatic nitrogens is 4. The Kier molecular flexibility index (Phi) is 8.96. The van der Waals surface area contributed by atoms with E-state index in [9.17, 15) is 13.2 Å². The normalized spacial score (nSPS) is 12.6. The zero-order valence-electron chi connectivity index (χ0n) is 18.1. The number of benzene rings is 2. The first-order valence-corrected chi connectivity index (χ1v) is 12.9. The van der Waals surface area contributed by atoms with E-state index in [0.717, 1.165) is 5.56 Å². The van der Waals surface area contributed by atoms with Gasteiger partial charge in [-0.25, -0.2) is 17.8 Å². The third-order valence-corrected chi connectivity index (χ3v) is 7.33. The van der Waals surface area contributed by atoms with Gasteiger partial charge in [0.15, 0.2) is 11.6 Å². The molecule has 0 saturated heterocycles. The summed E-state index contributed by atoms with van der Waals surface area (Å²) >= 11 is 12.4. The van der Waals surface area contributed by atoms with Crippen LogP contribution in [-0.4, -0.2) is 46.2 Å². The van der Waals surface area contributed by atoms with Gasteiger partial charge >= 0.3 is 0 Å². The molecular formula is C22H25Cl2N5O3S. The topological polar surface area (TPSA) is 107 Å². The fourth-order valence-electron chi connectivity index (χ4n) is 3.35. The van der Waals surface area contributed by atoms with Crippen molar-refractivity contribution in [3.05, 3.63) is 75.5 Å². The van der Waals surface area contributed by atoms with Crippen LogP contribution in [0, 0.1) is 0 Å². The highest BCUT2D eigenvalue weighted by atomic mass is 35.5. The van der Waals surface area contributed by atoms with E-state index in [2.05, 4.69) is 20.2 Å². The SMILES string of the molecule is CCC(NS(=O)(=O)CCCc1ccccc1)C(=O)Cn1nnnc1Cc1c(Cl)cccc1Cl. The van der Waals surface area contributed by atoms with E-state index >= 15 is 0 Å². The molecule has 1 unspecified atom stereocenters. The number of rotatable bonds is 12. The van der Waals surface area contributed by atoms with Crippen molar-refractivity contribution in [2.75, 3.05) is 5.75 Å². The van der Waals surface area contributed by atoms with Crippen molar-refractivity contribution in [1.82, 2.24) is 24.9 Å². The predicted molar refractivity (Wildman–Crippen MR) is 128 cm³/mol. The van der Waals surface area contributed by atoms with Gasteiger partial charge in [0.1, 0.15) is 6.54 Å². The Bertz CT molecular complexity index is 1170. The van der Waals surface area contributed by atoms with Crippen molar-refractivity contribution in [3.8, 4) is 0 Å². The monoisotopic (exact) mass is 509 g/mol. The maximum absolute atomic E-state index is 12.9. The molecule has 1 atom stereocenters. The fourth-order valence-corrected chi connectivity index (χ4v) is 5.26. The van der Waals surface area contributed by atoms with E-state index in [1.165, 1.54) is 4.68 Å². The number of carbonyl (C=O) groups excluding carboxylic acids is 1. The van der Waals surface area contributed by atoms with Gasteiger partial charge in [-0.3, -0.25) is 4.79 Å². The van der Waals surface area contributed by atoms with Gasteiger partial charge in [0.2, 0.25) is 10.0 Å². The first-order chi connectivity index (χ1) is 15.8. The molecule has 0 amide bonds. The average molecular weight is 510 g/mol. The molecule has 0 aliphatic heterocycles. The molecule has 1 heterocycles. The molecule has 33 heavy (non-hydrogen) atoms. The number of ketones is 1. The van der Waals surface area contributed by atoms with Crippen molar-refractivity contribution in [2.24, 2.45) is 0 Å². The molecule has 2 aromatic carbocycles. The lowest BCUT2D eigenvalue weighted by molar-refractivity contribution is -0.121. The Morgan fingerprint density at radius 2 is 1.79 bits per heavy atom. The minimum absolute atomic E-state index is 0.0627. The largest absolute Gasteiger partial charge is 0.296 e. The number of tetrazole rings is 1. The zero-order chi connectivity index (χ0) is 23.8. The predicted octanol–water partition coefficient (Wildman–Crippen LogP) is 3.47. The van der Waals surface area contributed by atoms with Crippen molar-refractivity contribution < 1.29 is 13.2 Å². The standard InChI is InChI=1S/C22H25Cl2N5O3S/c1-2-20(26-33(31,32)13-7-10-16-8-4-3-5-9-16)21(30)15-29-22(25-27-28-29)14-17-18(23)11-6-12-19(17)24/h3-6,8-9,11-12,20,26H,2,7,10,13-15H2,1H3. The van der Waals surface area contributed by atoms with E-state index < -0.39 is 16.1 Å². The molecular weight excluding hydrogens is 485 g/mol. The third kappa shape index (κ3) is 7.33. The molecule has 0 saturated carbocycles. The van der Waals surface area contributed by atoms with Gasteiger partial charge in [0.25, 0.3) is 0 Å². The molecule has 0 aliphatic carbocycles. The van der Waals surface area contributed by atoms with Crippen LogP contribution in [0.25, 0.3) is 0 Å². The Morgan fingerprint density at radius 3 is 2.45 bits per heavy atom. The highest BCUT2D eigenvalue weighted by molar-refractivity contribution is 7.89. The summed E-state index contributed by atoms with van der Waals surface area (Å²) in [6.45, 7) is 1.58. The molecule has 0 bridgehead atoms. The number of hydrogen-bond donors (Lipinski definition) is 1. The minimum Gasteiger partial charge on any atom is -0.296 e. The van der Waals surface area contributed by atoms with Crippen molar-refractivity contribution in [1.29, 1.82) is 0 Å². The van der Waals surface area contributed by atoms with Crippen LogP contribution in [0.4, 0.5) is 0 Å². The van der Waals surface area contributed by atoms with Gasteiger partial charge in [-0.1, -0.05) is 66.5 Å². The minimum atomic E-state index is -3.62. The number of halogens is 2. The Balaban J connectivity index is 1.60. The highest BCUT2D eigenvalue weighted by Crippen LogP contribution is 2.26. The van der Waals surface area contributed by atoms with E-state index in [1.54, 1.807) is 25.1 Å². The molecule has 8 nitrogen and oxygen atoms in total. The summed E-state index contributed by atoms with van der Waals surface area (Å²) in [5.74, 6) is 0.00848. The molecule has 176 valence electrons. The lowest BCUT2D eigenvalue weighted by atomic mass is 10.1. The first kappa shape index (κ1) is 25.3. The summed E-state index contributed by atoms with van der Waals surface area (Å²) in [5.41, 5.74) is 1.72. The lowest BCUT2D eigenvalue weighted by Crippen LogP contribution is -2.43. The maximum Gasteiger partial charge on any atom is 0.212 e.